The Hall–Kier alpha value is -1.12. The van der Waals surface area contributed by atoms with E-state index in [4.69, 9.17) is 0 Å². The van der Waals surface area contributed by atoms with E-state index in [0.717, 1.165) is 12.8 Å². The molecule has 0 aromatic rings. The average molecular weight is 224 g/mol. The summed E-state index contributed by atoms with van der Waals surface area (Å²) in [6.45, 7) is 8.53. The van der Waals surface area contributed by atoms with Crippen LogP contribution in [-0.2, 0) is 14.3 Å². The molecule has 0 aromatic carbocycles. The first-order valence-electron chi connectivity index (χ1n) is 5.87. The maximum atomic E-state index is 11.3. The first-order valence-corrected chi connectivity index (χ1v) is 5.87. The molecular weight excluding hydrogens is 204 g/mol. The molecular formula is C13H20O3. The third kappa shape index (κ3) is 3.47. The summed E-state index contributed by atoms with van der Waals surface area (Å²) in [5, 5.41) is 0. The van der Waals surface area contributed by atoms with Crippen LogP contribution in [0.2, 0.25) is 0 Å². The lowest BCUT2D eigenvalue weighted by Crippen LogP contribution is -2.12. The van der Waals surface area contributed by atoms with E-state index in [1.54, 1.807) is 0 Å². The summed E-state index contributed by atoms with van der Waals surface area (Å²) in [7, 11) is 0. The number of esters is 2. The van der Waals surface area contributed by atoms with E-state index in [1.165, 1.54) is 6.08 Å². The van der Waals surface area contributed by atoms with Gasteiger partial charge in [0.2, 0.25) is 0 Å². The van der Waals surface area contributed by atoms with Crippen LogP contribution < -0.4 is 0 Å². The fourth-order valence-electron chi connectivity index (χ4n) is 2.34. The summed E-state index contributed by atoms with van der Waals surface area (Å²) in [5.41, 5.74) is 0.528. The summed E-state index contributed by atoms with van der Waals surface area (Å²) in [6, 6.07) is 0. The Bertz CT molecular complexity index is 315. The van der Waals surface area contributed by atoms with Gasteiger partial charge in [-0.1, -0.05) is 27.7 Å². The lowest BCUT2D eigenvalue weighted by atomic mass is 9.87. The van der Waals surface area contributed by atoms with Crippen molar-refractivity contribution in [1.29, 1.82) is 0 Å². The minimum atomic E-state index is -0.525. The van der Waals surface area contributed by atoms with Crippen molar-refractivity contribution in [3.8, 4) is 0 Å². The van der Waals surface area contributed by atoms with Gasteiger partial charge in [-0.3, -0.25) is 0 Å². The third-order valence-corrected chi connectivity index (χ3v) is 2.86. The monoisotopic (exact) mass is 224 g/mol. The molecule has 0 spiro atoms. The largest absolute Gasteiger partial charge is 0.386 e. The minimum absolute atomic E-state index is 0.104. The van der Waals surface area contributed by atoms with Gasteiger partial charge in [0.15, 0.2) is 0 Å². The van der Waals surface area contributed by atoms with Gasteiger partial charge in [-0.2, -0.15) is 0 Å². The lowest BCUT2D eigenvalue weighted by molar-refractivity contribution is -0.150. The Morgan fingerprint density at radius 1 is 1.12 bits per heavy atom. The van der Waals surface area contributed by atoms with Crippen LogP contribution in [0.3, 0.4) is 0 Å². The lowest BCUT2D eigenvalue weighted by Gasteiger charge is -2.18. The molecule has 1 rings (SSSR count). The molecule has 0 saturated carbocycles. The second-order valence-electron chi connectivity index (χ2n) is 5.18. The van der Waals surface area contributed by atoms with Crippen LogP contribution in [0.4, 0.5) is 0 Å². The molecule has 16 heavy (non-hydrogen) atoms. The van der Waals surface area contributed by atoms with Crippen molar-refractivity contribution in [2.45, 2.75) is 40.5 Å². The van der Waals surface area contributed by atoms with Crippen molar-refractivity contribution in [3.05, 3.63) is 11.6 Å². The first kappa shape index (κ1) is 12.9. The van der Waals surface area contributed by atoms with Gasteiger partial charge in [-0.05, 0) is 30.6 Å². The maximum Gasteiger partial charge on any atom is 0.342 e. The highest BCUT2D eigenvalue weighted by molar-refractivity contribution is 6.09. The number of ether oxygens (including phenoxy) is 1. The van der Waals surface area contributed by atoms with Crippen LogP contribution in [0.1, 0.15) is 40.5 Å². The molecule has 1 aliphatic heterocycles. The van der Waals surface area contributed by atoms with E-state index < -0.39 is 11.9 Å². The minimum Gasteiger partial charge on any atom is -0.386 e. The van der Waals surface area contributed by atoms with Gasteiger partial charge < -0.3 is 4.74 Å². The summed E-state index contributed by atoms with van der Waals surface area (Å²) in [4.78, 5) is 22.2. The Balaban J connectivity index is 2.52. The van der Waals surface area contributed by atoms with Crippen molar-refractivity contribution in [1.82, 2.24) is 0 Å². The van der Waals surface area contributed by atoms with E-state index in [2.05, 4.69) is 25.5 Å². The average Bonchev–Trinajstić information content (AvgIpc) is 2.43. The molecule has 1 heterocycles. The van der Waals surface area contributed by atoms with E-state index >= 15 is 0 Å². The molecule has 2 atom stereocenters. The fourth-order valence-corrected chi connectivity index (χ4v) is 2.34. The summed E-state index contributed by atoms with van der Waals surface area (Å²) in [5.74, 6) is 0.332. The van der Waals surface area contributed by atoms with E-state index in [1.807, 2.05) is 6.92 Å². The Morgan fingerprint density at radius 2 is 1.75 bits per heavy atom. The highest BCUT2D eigenvalue weighted by Crippen LogP contribution is 2.27. The first-order chi connectivity index (χ1) is 7.40. The van der Waals surface area contributed by atoms with E-state index in [9.17, 15) is 9.59 Å². The topological polar surface area (TPSA) is 43.4 Å². The van der Waals surface area contributed by atoms with Crippen molar-refractivity contribution in [2.24, 2.45) is 17.8 Å². The number of cyclic esters (lactones) is 2. The van der Waals surface area contributed by atoms with Crippen molar-refractivity contribution in [3.63, 3.8) is 0 Å². The van der Waals surface area contributed by atoms with Crippen LogP contribution >= 0.6 is 0 Å². The Morgan fingerprint density at radius 3 is 2.19 bits per heavy atom. The number of hydrogen-bond acceptors (Lipinski definition) is 3. The second-order valence-corrected chi connectivity index (χ2v) is 5.18. The van der Waals surface area contributed by atoms with Crippen LogP contribution in [0.15, 0.2) is 11.6 Å². The van der Waals surface area contributed by atoms with Gasteiger partial charge in [-0.15, -0.1) is 0 Å². The van der Waals surface area contributed by atoms with E-state index in [-0.39, 0.29) is 5.92 Å². The summed E-state index contributed by atoms with van der Waals surface area (Å²) in [6.07, 6.45) is 3.39. The number of hydrogen-bond donors (Lipinski definition) is 0. The Kier molecular flexibility index (Phi) is 4.27. The number of rotatable bonds is 5. The Labute approximate surface area is 96.9 Å². The number of carbonyl (C=O) groups is 2. The smallest absolute Gasteiger partial charge is 0.342 e. The molecule has 3 heteroatoms. The predicted octanol–water partition coefficient (Wildman–Crippen LogP) is 2.70. The quantitative estimate of drug-likeness (QED) is 0.532. The maximum absolute atomic E-state index is 11.3. The molecule has 0 saturated heterocycles. The molecule has 0 radical (unpaired) electrons. The van der Waals surface area contributed by atoms with Crippen LogP contribution in [0, 0.1) is 17.8 Å². The highest BCUT2D eigenvalue weighted by atomic mass is 16.6. The molecule has 1 aliphatic rings. The van der Waals surface area contributed by atoms with Gasteiger partial charge in [-0.25, -0.2) is 9.59 Å². The van der Waals surface area contributed by atoms with Gasteiger partial charge in [0, 0.05) is 11.6 Å². The molecule has 0 aromatic heterocycles. The fraction of sp³-hybridized carbons (Fsp3) is 0.692. The molecule has 90 valence electrons. The standard InChI is InChI=1S/C13H20O3/c1-8(2)5-9(3)6-10(4)11-7-12(14)16-13(11)15/h7-10H,5-6H2,1-4H3. The normalized spacial score (nSPS) is 19.7. The van der Waals surface area contributed by atoms with Gasteiger partial charge >= 0.3 is 11.9 Å². The molecule has 0 fully saturated rings. The zero-order valence-corrected chi connectivity index (χ0v) is 10.4. The molecule has 0 amide bonds. The molecule has 3 nitrogen and oxygen atoms in total. The van der Waals surface area contributed by atoms with Crippen LogP contribution in [0.25, 0.3) is 0 Å². The third-order valence-electron chi connectivity index (χ3n) is 2.86. The second kappa shape index (κ2) is 5.28. The van der Waals surface area contributed by atoms with Gasteiger partial charge in [0.25, 0.3) is 0 Å². The van der Waals surface area contributed by atoms with Crippen molar-refractivity contribution in [2.75, 3.05) is 0 Å². The molecule has 0 aliphatic carbocycles. The van der Waals surface area contributed by atoms with Gasteiger partial charge in [0.05, 0.1) is 0 Å². The van der Waals surface area contributed by atoms with Crippen molar-refractivity contribution < 1.29 is 14.3 Å². The van der Waals surface area contributed by atoms with Gasteiger partial charge in [0.1, 0.15) is 0 Å². The van der Waals surface area contributed by atoms with Crippen LogP contribution in [0.5, 0.6) is 0 Å². The highest BCUT2D eigenvalue weighted by Gasteiger charge is 2.28. The molecule has 0 bridgehead atoms. The van der Waals surface area contributed by atoms with Crippen molar-refractivity contribution >= 4 is 11.9 Å². The predicted molar refractivity (Wildman–Crippen MR) is 61.6 cm³/mol. The summed E-state index contributed by atoms with van der Waals surface area (Å²) < 4.78 is 4.49. The summed E-state index contributed by atoms with van der Waals surface area (Å²) >= 11 is 0. The zero-order chi connectivity index (χ0) is 12.3. The van der Waals surface area contributed by atoms with Crippen LogP contribution in [-0.4, -0.2) is 11.9 Å². The number of carbonyl (C=O) groups excluding carboxylic acids is 2. The van der Waals surface area contributed by atoms with E-state index in [0.29, 0.717) is 17.4 Å². The molecule has 0 N–H and O–H groups in total. The molecule has 2 unspecified atom stereocenters. The zero-order valence-electron chi connectivity index (χ0n) is 10.4. The SMILES string of the molecule is CC(C)CC(C)CC(C)C1=CC(=O)OC1=O.